The summed E-state index contributed by atoms with van der Waals surface area (Å²) in [7, 11) is -2.10. The minimum atomic E-state index is -3.61. The third kappa shape index (κ3) is 3.49. The monoisotopic (exact) mass is 380 g/mol. The van der Waals surface area contributed by atoms with Crippen LogP contribution in [0.1, 0.15) is 0 Å². The number of halogens is 1. The van der Waals surface area contributed by atoms with Crippen LogP contribution in [0.25, 0.3) is 0 Å². The first-order chi connectivity index (χ1) is 11.9. The van der Waals surface area contributed by atoms with Crippen molar-refractivity contribution in [2.45, 2.75) is 0 Å². The van der Waals surface area contributed by atoms with Gasteiger partial charge in [-0.25, -0.2) is 9.10 Å². The standard InChI is InChI=1S/C16H17ClN4O3S/c1-20-14-7-2-3-8-15(14)21(25(20,23)24)10-9-18-16(22)19-13-6-4-5-12(17)11-13/h2-8,11H,9-10H2,1H3,(H2,18,19,22). The second-order valence-electron chi connectivity index (χ2n) is 5.43. The lowest BCUT2D eigenvalue weighted by Crippen LogP contribution is -2.41. The van der Waals surface area contributed by atoms with Gasteiger partial charge >= 0.3 is 16.2 Å². The van der Waals surface area contributed by atoms with Crippen LogP contribution in [0, 0.1) is 0 Å². The number of carbonyl (C=O) groups is 1. The first-order valence-electron chi connectivity index (χ1n) is 7.55. The third-order valence-corrected chi connectivity index (χ3v) is 5.86. The average molecular weight is 381 g/mol. The van der Waals surface area contributed by atoms with Crippen molar-refractivity contribution >= 4 is 44.9 Å². The minimum absolute atomic E-state index is 0.132. The molecule has 25 heavy (non-hydrogen) atoms. The maximum atomic E-state index is 12.5. The highest BCUT2D eigenvalue weighted by atomic mass is 35.5. The molecular formula is C16H17ClN4O3S. The molecule has 2 aromatic carbocycles. The van der Waals surface area contributed by atoms with Crippen molar-refractivity contribution in [3.05, 3.63) is 53.6 Å². The van der Waals surface area contributed by atoms with Gasteiger partial charge in [0, 0.05) is 24.3 Å². The van der Waals surface area contributed by atoms with Crippen LogP contribution in [0.3, 0.4) is 0 Å². The predicted molar refractivity (Wildman–Crippen MR) is 99.6 cm³/mol. The molecule has 0 atom stereocenters. The van der Waals surface area contributed by atoms with Gasteiger partial charge in [-0.2, -0.15) is 8.42 Å². The summed E-state index contributed by atoms with van der Waals surface area (Å²) in [5, 5.41) is 5.80. The van der Waals surface area contributed by atoms with Gasteiger partial charge in [-0.1, -0.05) is 29.8 Å². The van der Waals surface area contributed by atoms with E-state index in [0.717, 1.165) is 0 Å². The number of amides is 2. The fraction of sp³-hybridized carbons (Fsp3) is 0.188. The van der Waals surface area contributed by atoms with E-state index < -0.39 is 16.2 Å². The van der Waals surface area contributed by atoms with Crippen molar-refractivity contribution in [2.24, 2.45) is 0 Å². The SMILES string of the molecule is CN1c2ccccc2N(CCNC(=O)Nc2cccc(Cl)c2)S1(=O)=O. The van der Waals surface area contributed by atoms with Gasteiger partial charge in [0.05, 0.1) is 17.9 Å². The van der Waals surface area contributed by atoms with E-state index in [0.29, 0.717) is 22.1 Å². The quantitative estimate of drug-likeness (QED) is 0.855. The van der Waals surface area contributed by atoms with Crippen LogP contribution in [0.5, 0.6) is 0 Å². The van der Waals surface area contributed by atoms with Gasteiger partial charge in [0.15, 0.2) is 0 Å². The molecule has 132 valence electrons. The van der Waals surface area contributed by atoms with Crippen molar-refractivity contribution in [1.29, 1.82) is 0 Å². The molecule has 1 heterocycles. The number of nitrogens with zero attached hydrogens (tertiary/aromatic N) is 2. The summed E-state index contributed by atoms with van der Waals surface area (Å²) < 4.78 is 27.4. The Morgan fingerprint density at radius 2 is 1.84 bits per heavy atom. The molecule has 2 amide bonds. The van der Waals surface area contributed by atoms with E-state index in [1.807, 2.05) is 0 Å². The van der Waals surface area contributed by atoms with Gasteiger partial charge in [0.1, 0.15) is 0 Å². The molecular weight excluding hydrogens is 364 g/mol. The molecule has 0 unspecified atom stereocenters. The zero-order valence-corrected chi connectivity index (χ0v) is 15.0. The van der Waals surface area contributed by atoms with Gasteiger partial charge in [-0.05, 0) is 30.3 Å². The van der Waals surface area contributed by atoms with Crippen molar-refractivity contribution in [3.63, 3.8) is 0 Å². The topological polar surface area (TPSA) is 81.8 Å². The second kappa shape index (κ2) is 6.81. The summed E-state index contributed by atoms with van der Waals surface area (Å²) >= 11 is 5.86. The van der Waals surface area contributed by atoms with E-state index in [4.69, 9.17) is 11.6 Å². The summed E-state index contributed by atoms with van der Waals surface area (Å²) in [6, 6.07) is 13.4. The summed E-state index contributed by atoms with van der Waals surface area (Å²) in [4.78, 5) is 11.9. The highest BCUT2D eigenvalue weighted by Crippen LogP contribution is 2.38. The van der Waals surface area contributed by atoms with Crippen LogP contribution >= 0.6 is 11.6 Å². The maximum absolute atomic E-state index is 12.5. The van der Waals surface area contributed by atoms with E-state index in [-0.39, 0.29) is 13.1 Å². The number of benzene rings is 2. The molecule has 0 radical (unpaired) electrons. The molecule has 9 heteroatoms. The van der Waals surface area contributed by atoms with Gasteiger partial charge in [0.25, 0.3) is 0 Å². The van der Waals surface area contributed by atoms with Crippen LogP contribution in [0.2, 0.25) is 5.02 Å². The summed E-state index contributed by atoms with van der Waals surface area (Å²) in [5.74, 6) is 0. The van der Waals surface area contributed by atoms with Crippen LogP contribution < -0.4 is 19.2 Å². The molecule has 0 fully saturated rings. The first kappa shape index (κ1) is 17.4. The number of rotatable bonds is 4. The molecule has 2 aromatic rings. The fourth-order valence-corrected chi connectivity index (χ4v) is 4.20. The number of anilines is 3. The van der Waals surface area contributed by atoms with E-state index in [1.165, 1.54) is 15.7 Å². The molecule has 0 saturated carbocycles. The zero-order valence-electron chi connectivity index (χ0n) is 13.4. The number of hydrogen-bond acceptors (Lipinski definition) is 3. The molecule has 2 N–H and O–H groups in total. The zero-order chi connectivity index (χ0) is 18.0. The maximum Gasteiger partial charge on any atom is 0.326 e. The molecule has 0 saturated heterocycles. The summed E-state index contributed by atoms with van der Waals surface area (Å²) in [6.07, 6.45) is 0. The van der Waals surface area contributed by atoms with E-state index >= 15 is 0 Å². The lowest BCUT2D eigenvalue weighted by atomic mass is 10.2. The number of nitrogens with one attached hydrogen (secondary N) is 2. The Balaban J connectivity index is 1.61. The predicted octanol–water partition coefficient (Wildman–Crippen LogP) is 2.66. The van der Waals surface area contributed by atoms with Crippen molar-refractivity contribution < 1.29 is 13.2 Å². The number of hydrogen-bond donors (Lipinski definition) is 2. The highest BCUT2D eigenvalue weighted by molar-refractivity contribution is 7.94. The Bertz CT molecular complexity index is 904. The fourth-order valence-electron chi connectivity index (χ4n) is 2.59. The van der Waals surface area contributed by atoms with Crippen LogP contribution in [0.4, 0.5) is 21.9 Å². The van der Waals surface area contributed by atoms with Crippen molar-refractivity contribution in [1.82, 2.24) is 5.32 Å². The normalized spacial score (nSPS) is 15.0. The highest BCUT2D eigenvalue weighted by Gasteiger charge is 2.37. The molecule has 1 aliphatic rings. The van der Waals surface area contributed by atoms with Gasteiger partial charge < -0.3 is 10.6 Å². The van der Waals surface area contributed by atoms with E-state index in [2.05, 4.69) is 10.6 Å². The largest absolute Gasteiger partial charge is 0.336 e. The lowest BCUT2D eigenvalue weighted by Gasteiger charge is -2.19. The minimum Gasteiger partial charge on any atom is -0.336 e. The smallest absolute Gasteiger partial charge is 0.326 e. The lowest BCUT2D eigenvalue weighted by molar-refractivity contribution is 0.252. The number of fused-ring (bicyclic) bond motifs is 1. The van der Waals surface area contributed by atoms with Gasteiger partial charge in [-0.15, -0.1) is 0 Å². The second-order valence-corrected chi connectivity index (χ2v) is 7.75. The van der Waals surface area contributed by atoms with Gasteiger partial charge in [-0.3, -0.25) is 4.31 Å². The first-order valence-corrected chi connectivity index (χ1v) is 9.33. The molecule has 3 rings (SSSR count). The van der Waals surface area contributed by atoms with Crippen molar-refractivity contribution in [3.8, 4) is 0 Å². The molecule has 0 aliphatic carbocycles. The number of carbonyl (C=O) groups excluding carboxylic acids is 1. The average Bonchev–Trinajstić information content (AvgIpc) is 2.76. The Labute approximate surface area is 151 Å². The number of urea groups is 1. The third-order valence-electron chi connectivity index (χ3n) is 3.80. The Morgan fingerprint density at radius 1 is 1.12 bits per heavy atom. The van der Waals surface area contributed by atoms with Gasteiger partial charge in [0.2, 0.25) is 0 Å². The number of para-hydroxylation sites is 2. The Kier molecular flexibility index (Phi) is 4.73. The van der Waals surface area contributed by atoms with E-state index in [9.17, 15) is 13.2 Å². The molecule has 0 spiro atoms. The van der Waals surface area contributed by atoms with Crippen LogP contribution in [0.15, 0.2) is 48.5 Å². The van der Waals surface area contributed by atoms with Crippen molar-refractivity contribution in [2.75, 3.05) is 34.1 Å². The van der Waals surface area contributed by atoms with Crippen LogP contribution in [-0.2, 0) is 10.2 Å². The van der Waals surface area contributed by atoms with Crippen LogP contribution in [-0.4, -0.2) is 34.6 Å². The summed E-state index contributed by atoms with van der Waals surface area (Å²) in [5.41, 5.74) is 1.77. The summed E-state index contributed by atoms with van der Waals surface area (Å²) in [6.45, 7) is 0.292. The Morgan fingerprint density at radius 3 is 2.56 bits per heavy atom. The van der Waals surface area contributed by atoms with E-state index in [1.54, 1.807) is 48.5 Å². The Hall–Kier alpha value is -2.45. The molecule has 0 bridgehead atoms. The molecule has 1 aliphatic heterocycles. The molecule has 7 nitrogen and oxygen atoms in total. The molecule has 0 aromatic heterocycles.